The molecule has 0 radical (unpaired) electrons. The van der Waals surface area contributed by atoms with Gasteiger partial charge < -0.3 is 0 Å². The molecule has 0 aromatic rings. The highest BCUT2D eigenvalue weighted by molar-refractivity contribution is 7.98. The summed E-state index contributed by atoms with van der Waals surface area (Å²) >= 11 is 1.68. The van der Waals surface area contributed by atoms with Gasteiger partial charge in [-0.1, -0.05) is 6.92 Å². The molecule has 0 bridgehead atoms. The summed E-state index contributed by atoms with van der Waals surface area (Å²) in [7, 11) is 0. The lowest BCUT2D eigenvalue weighted by molar-refractivity contribution is -0.121. The topological polar surface area (TPSA) is 41.1 Å². The Kier molecular flexibility index (Phi) is 7.72. The maximum Gasteiger partial charge on any atom is 0.234 e. The first-order valence-corrected chi connectivity index (χ1v) is 5.21. The third-order valence-corrected chi connectivity index (χ3v) is 1.75. The molecular formula is C7H16N2OS. The summed E-state index contributed by atoms with van der Waals surface area (Å²) in [6.45, 7) is 2.89. The minimum Gasteiger partial charge on any atom is -0.292 e. The molecule has 66 valence electrons. The molecule has 0 atom stereocenters. The molecule has 0 aromatic heterocycles. The van der Waals surface area contributed by atoms with Crippen molar-refractivity contribution < 1.29 is 4.79 Å². The van der Waals surface area contributed by atoms with E-state index in [1.165, 1.54) is 0 Å². The number of thioether (sulfide) groups is 1. The van der Waals surface area contributed by atoms with Crippen LogP contribution in [0.25, 0.3) is 0 Å². The van der Waals surface area contributed by atoms with Crippen LogP contribution >= 0.6 is 11.8 Å². The summed E-state index contributed by atoms with van der Waals surface area (Å²) in [4.78, 5) is 10.9. The van der Waals surface area contributed by atoms with E-state index < -0.39 is 0 Å². The van der Waals surface area contributed by atoms with Crippen molar-refractivity contribution in [2.24, 2.45) is 0 Å². The van der Waals surface area contributed by atoms with Crippen LogP contribution in [0.1, 0.15) is 19.8 Å². The molecule has 0 unspecified atom stereocenters. The molecule has 3 nitrogen and oxygen atoms in total. The van der Waals surface area contributed by atoms with Gasteiger partial charge in [-0.15, -0.1) is 0 Å². The molecule has 0 spiro atoms. The van der Waals surface area contributed by atoms with Crippen LogP contribution in [0.4, 0.5) is 0 Å². The summed E-state index contributed by atoms with van der Waals surface area (Å²) in [5.74, 6) is 0.965. The van der Waals surface area contributed by atoms with Crippen molar-refractivity contribution in [3.8, 4) is 0 Å². The Hall–Kier alpha value is -0.220. The summed E-state index contributed by atoms with van der Waals surface area (Å²) < 4.78 is 0. The zero-order valence-corrected chi connectivity index (χ0v) is 7.96. The smallest absolute Gasteiger partial charge is 0.234 e. The van der Waals surface area contributed by atoms with Crippen molar-refractivity contribution in [3.05, 3.63) is 0 Å². The Morgan fingerprint density at radius 3 is 2.82 bits per heavy atom. The second-order valence-corrected chi connectivity index (χ2v) is 3.20. The molecule has 0 aliphatic rings. The first-order chi connectivity index (χ1) is 5.31. The van der Waals surface area contributed by atoms with Crippen LogP contribution in [-0.4, -0.2) is 24.5 Å². The average Bonchev–Trinajstić information content (AvgIpc) is 2.01. The van der Waals surface area contributed by atoms with E-state index in [2.05, 4.69) is 17.8 Å². The number of hydrogen-bond acceptors (Lipinski definition) is 3. The molecule has 11 heavy (non-hydrogen) atoms. The molecule has 0 aliphatic heterocycles. The summed E-state index contributed by atoms with van der Waals surface area (Å²) in [5, 5.41) is 0. The van der Waals surface area contributed by atoms with Crippen molar-refractivity contribution >= 4 is 17.7 Å². The largest absolute Gasteiger partial charge is 0.292 e. The Morgan fingerprint density at radius 2 is 2.27 bits per heavy atom. The Labute approximate surface area is 72.3 Å². The van der Waals surface area contributed by atoms with Gasteiger partial charge in [0.1, 0.15) is 0 Å². The van der Waals surface area contributed by atoms with E-state index in [0.717, 1.165) is 18.7 Å². The monoisotopic (exact) mass is 176 g/mol. The first-order valence-electron chi connectivity index (χ1n) is 3.82. The van der Waals surface area contributed by atoms with Gasteiger partial charge in [0.05, 0.1) is 0 Å². The number of nitrogens with one attached hydrogen (secondary N) is 2. The normalized spacial score (nSPS) is 9.64. The fourth-order valence-corrected chi connectivity index (χ4v) is 0.933. The van der Waals surface area contributed by atoms with Crippen molar-refractivity contribution in [1.29, 1.82) is 0 Å². The Balaban J connectivity index is 3.09. The highest BCUT2D eigenvalue weighted by Crippen LogP contribution is 1.93. The van der Waals surface area contributed by atoms with Crippen LogP contribution in [0, 0.1) is 0 Å². The van der Waals surface area contributed by atoms with Crippen LogP contribution in [0.2, 0.25) is 0 Å². The molecule has 0 saturated heterocycles. The summed E-state index contributed by atoms with van der Waals surface area (Å²) in [6, 6.07) is 0. The fraction of sp³-hybridized carbons (Fsp3) is 0.857. The van der Waals surface area contributed by atoms with Crippen LogP contribution in [-0.2, 0) is 4.79 Å². The van der Waals surface area contributed by atoms with E-state index in [0.29, 0.717) is 6.42 Å². The maximum atomic E-state index is 10.9. The second kappa shape index (κ2) is 7.88. The molecule has 0 heterocycles. The lowest BCUT2D eigenvalue weighted by atomic mass is 10.5. The molecule has 0 rings (SSSR count). The molecule has 0 aliphatic carbocycles. The molecule has 1 amide bonds. The molecule has 4 heteroatoms. The quantitative estimate of drug-likeness (QED) is 0.464. The van der Waals surface area contributed by atoms with Crippen LogP contribution in [0.15, 0.2) is 0 Å². The average molecular weight is 176 g/mol. The summed E-state index contributed by atoms with van der Waals surface area (Å²) in [5.41, 5.74) is 5.45. The molecular weight excluding hydrogens is 160 g/mol. The predicted octanol–water partition coefficient (Wildman–Crippen LogP) is 0.770. The number of amides is 1. The molecule has 0 aromatic carbocycles. The van der Waals surface area contributed by atoms with Gasteiger partial charge in [0, 0.05) is 18.7 Å². The Bertz CT molecular complexity index is 109. The highest BCUT2D eigenvalue weighted by Gasteiger charge is 1.96. The number of rotatable bonds is 6. The van der Waals surface area contributed by atoms with E-state index in [1.54, 1.807) is 11.8 Å². The van der Waals surface area contributed by atoms with Crippen LogP contribution in [0.3, 0.4) is 0 Å². The number of carbonyl (C=O) groups is 1. The second-order valence-electron chi connectivity index (χ2n) is 2.22. The number of hydrogen-bond donors (Lipinski definition) is 2. The van der Waals surface area contributed by atoms with E-state index in [1.807, 2.05) is 6.26 Å². The van der Waals surface area contributed by atoms with Crippen LogP contribution < -0.4 is 10.9 Å². The van der Waals surface area contributed by atoms with Gasteiger partial charge in [0.25, 0.3) is 0 Å². The van der Waals surface area contributed by atoms with Crippen molar-refractivity contribution in [3.63, 3.8) is 0 Å². The Morgan fingerprint density at radius 1 is 1.55 bits per heavy atom. The SMILES string of the molecule is CCCNNC(=O)CCSC. The van der Waals surface area contributed by atoms with Gasteiger partial charge >= 0.3 is 0 Å². The standard InChI is InChI=1S/C7H16N2OS/c1-3-5-8-9-7(10)4-6-11-2/h8H,3-6H2,1-2H3,(H,9,10). The van der Waals surface area contributed by atoms with Crippen LogP contribution in [0.5, 0.6) is 0 Å². The molecule has 0 saturated carbocycles. The number of hydrazine groups is 1. The lowest BCUT2D eigenvalue weighted by Crippen LogP contribution is -2.37. The van der Waals surface area contributed by atoms with Gasteiger partial charge in [-0.25, -0.2) is 5.43 Å². The van der Waals surface area contributed by atoms with Gasteiger partial charge in [-0.2, -0.15) is 11.8 Å². The molecule has 2 N–H and O–H groups in total. The summed E-state index contributed by atoms with van der Waals surface area (Å²) in [6.07, 6.45) is 3.62. The minimum absolute atomic E-state index is 0.0767. The van der Waals surface area contributed by atoms with Crippen molar-refractivity contribution in [2.45, 2.75) is 19.8 Å². The zero-order chi connectivity index (χ0) is 8.53. The first kappa shape index (κ1) is 10.8. The van der Waals surface area contributed by atoms with Gasteiger partial charge in [-0.05, 0) is 12.7 Å². The van der Waals surface area contributed by atoms with E-state index in [9.17, 15) is 4.79 Å². The van der Waals surface area contributed by atoms with Gasteiger partial charge in [0.15, 0.2) is 0 Å². The van der Waals surface area contributed by atoms with Crippen molar-refractivity contribution in [2.75, 3.05) is 18.6 Å². The lowest BCUT2D eigenvalue weighted by Gasteiger charge is -2.04. The highest BCUT2D eigenvalue weighted by atomic mass is 32.2. The van der Waals surface area contributed by atoms with E-state index in [4.69, 9.17) is 0 Å². The zero-order valence-electron chi connectivity index (χ0n) is 7.14. The predicted molar refractivity (Wildman–Crippen MR) is 49.4 cm³/mol. The third kappa shape index (κ3) is 7.68. The van der Waals surface area contributed by atoms with Gasteiger partial charge in [-0.3, -0.25) is 10.2 Å². The van der Waals surface area contributed by atoms with Crippen molar-refractivity contribution in [1.82, 2.24) is 10.9 Å². The van der Waals surface area contributed by atoms with Gasteiger partial charge in [0.2, 0.25) is 5.91 Å². The fourth-order valence-electron chi connectivity index (χ4n) is 0.543. The van der Waals surface area contributed by atoms with E-state index >= 15 is 0 Å². The maximum absolute atomic E-state index is 10.9. The third-order valence-electron chi connectivity index (χ3n) is 1.14. The number of carbonyl (C=O) groups excluding carboxylic acids is 1. The molecule has 0 fully saturated rings. The minimum atomic E-state index is 0.0767. The van der Waals surface area contributed by atoms with E-state index in [-0.39, 0.29) is 5.91 Å².